The summed E-state index contributed by atoms with van der Waals surface area (Å²) in [4.78, 5) is 50.0. The zero-order chi connectivity index (χ0) is 23.0. The standard InChI is InChI=1S/C20H21N5O6/c21-16(26)10-15(18(28)29)25-17(27)9-11-1-7-14(8-2-11)31-19(30)12-3-5-13(6-4-12)24-20(22)23/h1-8,15H,9-10H2,(H2,21,26)(H,25,27)(H,28,29)(H4,22,23,24)/t15-/m0/s1. The van der Waals surface area contributed by atoms with E-state index in [1.165, 1.54) is 24.3 Å². The third kappa shape index (κ3) is 7.49. The molecule has 11 nitrogen and oxygen atoms in total. The molecule has 2 rings (SSSR count). The molecule has 0 aromatic heterocycles. The Labute approximate surface area is 176 Å². The molecule has 0 aliphatic heterocycles. The van der Waals surface area contributed by atoms with E-state index in [1.54, 1.807) is 24.3 Å². The molecule has 2 aromatic carbocycles. The van der Waals surface area contributed by atoms with Crippen molar-refractivity contribution in [2.45, 2.75) is 18.9 Å². The van der Waals surface area contributed by atoms with Crippen LogP contribution >= 0.6 is 0 Å². The largest absolute Gasteiger partial charge is 0.480 e. The molecule has 8 N–H and O–H groups in total. The van der Waals surface area contributed by atoms with Crippen LogP contribution in [0.15, 0.2) is 53.5 Å². The molecule has 0 spiro atoms. The highest BCUT2D eigenvalue weighted by atomic mass is 16.5. The summed E-state index contributed by atoms with van der Waals surface area (Å²) in [7, 11) is 0. The summed E-state index contributed by atoms with van der Waals surface area (Å²) >= 11 is 0. The van der Waals surface area contributed by atoms with E-state index in [9.17, 15) is 19.2 Å². The number of amides is 2. The quantitative estimate of drug-likeness (QED) is 0.157. The van der Waals surface area contributed by atoms with Crippen molar-refractivity contribution >= 4 is 35.4 Å². The number of hydrogen-bond acceptors (Lipinski definition) is 6. The van der Waals surface area contributed by atoms with Gasteiger partial charge < -0.3 is 32.4 Å². The fraction of sp³-hybridized carbons (Fsp3) is 0.150. The predicted molar refractivity (Wildman–Crippen MR) is 110 cm³/mol. The Morgan fingerprint density at radius 1 is 0.968 bits per heavy atom. The lowest BCUT2D eigenvalue weighted by atomic mass is 10.1. The van der Waals surface area contributed by atoms with Crippen molar-refractivity contribution in [3.63, 3.8) is 0 Å². The summed E-state index contributed by atoms with van der Waals surface area (Å²) in [6.45, 7) is 0. The van der Waals surface area contributed by atoms with Gasteiger partial charge >= 0.3 is 11.9 Å². The molecule has 0 heterocycles. The number of carboxylic acid groups (broad SMARTS) is 1. The number of nitrogens with one attached hydrogen (secondary N) is 1. The Bertz CT molecular complexity index is 998. The summed E-state index contributed by atoms with van der Waals surface area (Å²) in [6, 6.07) is 10.8. The van der Waals surface area contributed by atoms with E-state index >= 15 is 0 Å². The minimum absolute atomic E-state index is 0.101. The summed E-state index contributed by atoms with van der Waals surface area (Å²) < 4.78 is 5.27. The normalized spacial score (nSPS) is 11.1. The van der Waals surface area contributed by atoms with Gasteiger partial charge in [0.15, 0.2) is 5.96 Å². The molecule has 11 heteroatoms. The number of hydrogen-bond donors (Lipinski definition) is 5. The number of carboxylic acids is 1. The minimum atomic E-state index is -1.40. The second-order valence-corrected chi connectivity index (χ2v) is 6.42. The third-order valence-electron chi connectivity index (χ3n) is 3.90. The molecule has 0 aliphatic carbocycles. The number of carbonyl (C=O) groups is 4. The third-order valence-corrected chi connectivity index (χ3v) is 3.90. The van der Waals surface area contributed by atoms with Crippen LogP contribution in [0.4, 0.5) is 5.69 Å². The highest BCUT2D eigenvalue weighted by molar-refractivity contribution is 5.92. The van der Waals surface area contributed by atoms with Crippen molar-refractivity contribution in [1.29, 1.82) is 0 Å². The number of rotatable bonds is 9. The highest BCUT2D eigenvalue weighted by Crippen LogP contribution is 2.17. The maximum absolute atomic E-state index is 12.2. The average molecular weight is 427 g/mol. The summed E-state index contributed by atoms with van der Waals surface area (Å²) in [5, 5.41) is 11.2. The van der Waals surface area contributed by atoms with Crippen molar-refractivity contribution in [3.05, 3.63) is 59.7 Å². The lowest BCUT2D eigenvalue weighted by Crippen LogP contribution is -2.43. The number of nitrogens with two attached hydrogens (primary N) is 3. The first-order valence-electron chi connectivity index (χ1n) is 8.95. The number of guanidine groups is 1. The number of aliphatic imine (C=N–C) groups is 1. The molecule has 0 unspecified atom stereocenters. The van der Waals surface area contributed by atoms with Gasteiger partial charge in [0, 0.05) is 0 Å². The Balaban J connectivity index is 1.94. The molecule has 31 heavy (non-hydrogen) atoms. The van der Waals surface area contributed by atoms with Crippen molar-refractivity contribution in [2.24, 2.45) is 22.2 Å². The first-order valence-corrected chi connectivity index (χ1v) is 8.95. The van der Waals surface area contributed by atoms with Crippen molar-refractivity contribution < 1.29 is 29.0 Å². The average Bonchev–Trinajstić information content (AvgIpc) is 2.68. The summed E-state index contributed by atoms with van der Waals surface area (Å²) in [6.07, 6.45) is -0.647. The van der Waals surface area contributed by atoms with E-state index in [-0.39, 0.29) is 23.7 Å². The molecule has 0 fully saturated rings. The topological polar surface area (TPSA) is 200 Å². The predicted octanol–water partition coefficient (Wildman–Crippen LogP) is -0.202. The maximum Gasteiger partial charge on any atom is 0.343 e. The summed E-state index contributed by atoms with van der Waals surface area (Å²) in [5.74, 6) is -3.25. The van der Waals surface area contributed by atoms with Crippen LogP contribution in [-0.2, 0) is 20.8 Å². The molecular formula is C20H21N5O6. The molecule has 162 valence electrons. The van der Waals surface area contributed by atoms with Crippen LogP contribution in [0.2, 0.25) is 0 Å². The van der Waals surface area contributed by atoms with Crippen LogP contribution in [0.3, 0.4) is 0 Å². The first-order chi connectivity index (χ1) is 14.6. The number of nitrogens with zero attached hydrogens (tertiary/aromatic N) is 1. The van der Waals surface area contributed by atoms with Crippen LogP contribution in [0, 0.1) is 0 Å². The van der Waals surface area contributed by atoms with Gasteiger partial charge in [0.05, 0.1) is 24.1 Å². The second-order valence-electron chi connectivity index (χ2n) is 6.42. The van der Waals surface area contributed by atoms with Gasteiger partial charge in [-0.3, -0.25) is 9.59 Å². The van der Waals surface area contributed by atoms with Gasteiger partial charge in [-0.25, -0.2) is 14.6 Å². The van der Waals surface area contributed by atoms with E-state index in [0.29, 0.717) is 11.3 Å². The Hall–Kier alpha value is -4.41. The van der Waals surface area contributed by atoms with Crippen molar-refractivity contribution in [1.82, 2.24) is 5.32 Å². The molecule has 2 amide bonds. The number of benzene rings is 2. The van der Waals surface area contributed by atoms with Crippen LogP contribution in [0.1, 0.15) is 22.3 Å². The fourth-order valence-electron chi connectivity index (χ4n) is 2.49. The number of carbonyl (C=O) groups excluding carboxylic acids is 3. The number of primary amides is 1. The van der Waals surface area contributed by atoms with Gasteiger partial charge in [-0.15, -0.1) is 0 Å². The number of ether oxygens (including phenoxy) is 1. The number of esters is 1. The van der Waals surface area contributed by atoms with Crippen LogP contribution in [-0.4, -0.2) is 40.9 Å². The van der Waals surface area contributed by atoms with Crippen molar-refractivity contribution in [2.75, 3.05) is 0 Å². The van der Waals surface area contributed by atoms with E-state index in [4.69, 9.17) is 27.0 Å². The van der Waals surface area contributed by atoms with E-state index in [1.807, 2.05) is 0 Å². The molecule has 0 aliphatic rings. The fourth-order valence-corrected chi connectivity index (χ4v) is 2.49. The minimum Gasteiger partial charge on any atom is -0.480 e. The lowest BCUT2D eigenvalue weighted by Gasteiger charge is -2.13. The van der Waals surface area contributed by atoms with Gasteiger partial charge in [0.25, 0.3) is 0 Å². The van der Waals surface area contributed by atoms with Crippen LogP contribution in [0.25, 0.3) is 0 Å². The van der Waals surface area contributed by atoms with Gasteiger partial charge in [-0.05, 0) is 42.0 Å². The van der Waals surface area contributed by atoms with Crippen molar-refractivity contribution in [3.8, 4) is 5.75 Å². The zero-order valence-electron chi connectivity index (χ0n) is 16.3. The highest BCUT2D eigenvalue weighted by Gasteiger charge is 2.22. The molecule has 2 aromatic rings. The number of aliphatic carboxylic acids is 1. The Morgan fingerprint density at radius 3 is 2.10 bits per heavy atom. The summed E-state index contributed by atoms with van der Waals surface area (Å²) in [5.41, 5.74) is 16.9. The molecule has 0 radical (unpaired) electrons. The van der Waals surface area contributed by atoms with Gasteiger partial charge in [0.2, 0.25) is 11.8 Å². The molecular weight excluding hydrogens is 406 g/mol. The molecule has 0 bridgehead atoms. The Kier molecular flexibility index (Phi) is 7.67. The molecule has 0 saturated heterocycles. The first kappa shape index (κ1) is 22.9. The smallest absolute Gasteiger partial charge is 0.343 e. The molecule has 1 atom stereocenters. The van der Waals surface area contributed by atoms with Gasteiger partial charge in [-0.1, -0.05) is 12.1 Å². The van der Waals surface area contributed by atoms with E-state index < -0.39 is 36.2 Å². The zero-order valence-corrected chi connectivity index (χ0v) is 16.3. The molecule has 0 saturated carbocycles. The SMILES string of the molecule is NC(=O)C[C@H](NC(=O)Cc1ccc(OC(=O)c2ccc(N=C(N)N)cc2)cc1)C(=O)O. The van der Waals surface area contributed by atoms with Crippen LogP contribution in [0.5, 0.6) is 5.75 Å². The monoisotopic (exact) mass is 427 g/mol. The van der Waals surface area contributed by atoms with E-state index in [2.05, 4.69) is 10.3 Å². The van der Waals surface area contributed by atoms with Crippen LogP contribution < -0.4 is 27.3 Å². The van der Waals surface area contributed by atoms with Gasteiger partial charge in [-0.2, -0.15) is 0 Å². The Morgan fingerprint density at radius 2 is 1.58 bits per heavy atom. The lowest BCUT2D eigenvalue weighted by molar-refractivity contribution is -0.143. The maximum atomic E-state index is 12.2. The van der Waals surface area contributed by atoms with E-state index in [0.717, 1.165) is 0 Å². The second kappa shape index (κ2) is 10.4. The van der Waals surface area contributed by atoms with Gasteiger partial charge in [0.1, 0.15) is 11.8 Å².